The molecule has 3 heteroatoms. The van der Waals surface area contributed by atoms with Crippen molar-refractivity contribution < 1.29 is 4.43 Å². The molecule has 0 heterocycles. The molecule has 0 saturated heterocycles. The lowest BCUT2D eigenvalue weighted by atomic mass is 10.2. The highest BCUT2D eigenvalue weighted by Gasteiger charge is 2.55. The maximum absolute atomic E-state index is 7.14. The highest BCUT2D eigenvalue weighted by atomic mass is 31.2. The SMILES string of the molecule is C[Si](C)(C)OC(c1ccccc1)[P+](c1ccccc1)(c1ccccc1)c1ccccc1. The van der Waals surface area contributed by atoms with Gasteiger partial charge in [-0.3, -0.25) is 0 Å². The van der Waals surface area contributed by atoms with Gasteiger partial charge in [-0.15, -0.1) is 0 Å². The molecule has 0 fully saturated rings. The van der Waals surface area contributed by atoms with Gasteiger partial charge in [0.05, 0.1) is 0 Å². The quantitative estimate of drug-likeness (QED) is 0.234. The smallest absolute Gasteiger partial charge is 0.197 e. The van der Waals surface area contributed by atoms with E-state index in [9.17, 15) is 0 Å². The molecular weight excluding hydrogens is 411 g/mol. The van der Waals surface area contributed by atoms with Gasteiger partial charge < -0.3 is 4.43 Å². The Morgan fingerprint density at radius 2 is 0.839 bits per heavy atom. The van der Waals surface area contributed by atoms with Gasteiger partial charge >= 0.3 is 0 Å². The summed E-state index contributed by atoms with van der Waals surface area (Å²) >= 11 is 0. The number of rotatable bonds is 7. The molecule has 1 nitrogen and oxygen atoms in total. The van der Waals surface area contributed by atoms with Crippen LogP contribution in [0.5, 0.6) is 0 Å². The number of hydrogen-bond acceptors (Lipinski definition) is 1. The molecule has 1 atom stereocenters. The Morgan fingerprint density at radius 3 is 1.16 bits per heavy atom. The third kappa shape index (κ3) is 4.57. The van der Waals surface area contributed by atoms with E-state index in [4.69, 9.17) is 4.43 Å². The summed E-state index contributed by atoms with van der Waals surface area (Å²) < 4.78 is 7.14. The molecule has 156 valence electrons. The average Bonchev–Trinajstić information content (AvgIpc) is 2.81. The molecule has 0 bridgehead atoms. The molecule has 0 aliphatic heterocycles. The van der Waals surface area contributed by atoms with Gasteiger partial charge in [-0.2, -0.15) is 0 Å². The highest BCUT2D eigenvalue weighted by molar-refractivity contribution is 7.95. The highest BCUT2D eigenvalue weighted by Crippen LogP contribution is 2.67. The Hall–Kier alpha value is -2.51. The third-order valence-corrected chi connectivity index (χ3v) is 11.0. The zero-order valence-corrected chi connectivity index (χ0v) is 20.4. The maximum atomic E-state index is 7.14. The van der Waals surface area contributed by atoms with Crippen LogP contribution in [0.3, 0.4) is 0 Å². The van der Waals surface area contributed by atoms with E-state index >= 15 is 0 Å². The van der Waals surface area contributed by atoms with Crippen molar-refractivity contribution in [1.29, 1.82) is 0 Å². The van der Waals surface area contributed by atoms with E-state index in [0.29, 0.717) is 0 Å². The second-order valence-corrected chi connectivity index (χ2v) is 16.6. The molecule has 0 aliphatic rings. The van der Waals surface area contributed by atoms with Crippen LogP contribution in [0.15, 0.2) is 121 Å². The summed E-state index contributed by atoms with van der Waals surface area (Å²) in [4.78, 5) is 0. The Labute approximate surface area is 188 Å². The first-order valence-electron chi connectivity index (χ1n) is 10.8. The van der Waals surface area contributed by atoms with E-state index in [-0.39, 0.29) is 5.85 Å². The van der Waals surface area contributed by atoms with E-state index in [1.807, 2.05) is 0 Å². The van der Waals surface area contributed by atoms with Crippen molar-refractivity contribution in [1.82, 2.24) is 0 Å². The summed E-state index contributed by atoms with van der Waals surface area (Å²) in [5.74, 6) is -0.0485. The molecule has 4 aromatic rings. The molecule has 0 aliphatic carbocycles. The maximum Gasteiger partial charge on any atom is 0.197 e. The lowest BCUT2D eigenvalue weighted by molar-refractivity contribution is 0.282. The first-order valence-corrected chi connectivity index (χ1v) is 16.1. The molecule has 31 heavy (non-hydrogen) atoms. The second-order valence-electron chi connectivity index (χ2n) is 8.72. The van der Waals surface area contributed by atoms with Gasteiger partial charge in [0.15, 0.2) is 14.2 Å². The minimum Gasteiger partial charge on any atom is -0.380 e. The van der Waals surface area contributed by atoms with Crippen LogP contribution in [-0.2, 0) is 4.43 Å². The predicted molar refractivity (Wildman–Crippen MR) is 139 cm³/mol. The van der Waals surface area contributed by atoms with Gasteiger partial charge in [0.2, 0.25) is 0 Å². The van der Waals surface area contributed by atoms with E-state index in [2.05, 4.69) is 141 Å². The van der Waals surface area contributed by atoms with Gasteiger partial charge in [0.1, 0.15) is 23.2 Å². The zero-order valence-electron chi connectivity index (χ0n) is 18.5. The molecular formula is C28H30OPSi+. The molecule has 4 rings (SSSR count). The summed E-state index contributed by atoms with van der Waals surface area (Å²) in [5, 5.41) is 4.04. The Kier molecular flexibility index (Phi) is 6.53. The number of hydrogen-bond donors (Lipinski definition) is 0. The van der Waals surface area contributed by atoms with E-state index in [0.717, 1.165) is 0 Å². The Balaban J connectivity index is 2.12. The van der Waals surface area contributed by atoms with Crippen LogP contribution >= 0.6 is 7.26 Å². The van der Waals surface area contributed by atoms with E-state index < -0.39 is 15.6 Å². The van der Waals surface area contributed by atoms with Crippen molar-refractivity contribution >= 4 is 31.5 Å². The summed E-state index contributed by atoms with van der Waals surface area (Å²) in [7, 11) is -4.05. The minimum atomic E-state index is -2.17. The molecule has 0 radical (unpaired) electrons. The monoisotopic (exact) mass is 441 g/mol. The summed E-state index contributed by atoms with van der Waals surface area (Å²) in [6, 6.07) is 43.8. The van der Waals surface area contributed by atoms with Crippen LogP contribution < -0.4 is 15.9 Å². The summed E-state index contributed by atoms with van der Waals surface area (Å²) in [6.45, 7) is 6.87. The second kappa shape index (κ2) is 9.32. The van der Waals surface area contributed by atoms with Gasteiger partial charge in [-0.25, -0.2) is 0 Å². The normalized spacial score (nSPS) is 13.0. The fourth-order valence-electron chi connectivity index (χ4n) is 4.17. The molecule has 0 N–H and O–H groups in total. The summed E-state index contributed by atoms with van der Waals surface area (Å²) in [5.41, 5.74) is 1.25. The number of benzene rings is 4. The third-order valence-electron chi connectivity index (χ3n) is 5.39. The van der Waals surface area contributed by atoms with Crippen molar-refractivity contribution in [3.05, 3.63) is 127 Å². The fourth-order valence-corrected chi connectivity index (χ4v) is 10.8. The fraction of sp³-hybridized carbons (Fsp3) is 0.143. The topological polar surface area (TPSA) is 9.23 Å². The van der Waals surface area contributed by atoms with Crippen LogP contribution in [0.1, 0.15) is 11.4 Å². The lowest BCUT2D eigenvalue weighted by Gasteiger charge is -2.37. The lowest BCUT2D eigenvalue weighted by Crippen LogP contribution is -2.40. The predicted octanol–water partition coefficient (Wildman–Crippen LogP) is 6.53. The molecule has 4 aromatic carbocycles. The average molecular weight is 442 g/mol. The first kappa shape index (κ1) is 21.7. The van der Waals surface area contributed by atoms with Crippen molar-refractivity contribution in [3.63, 3.8) is 0 Å². The molecule has 1 unspecified atom stereocenters. The van der Waals surface area contributed by atoms with Crippen LogP contribution in [0.25, 0.3) is 0 Å². The van der Waals surface area contributed by atoms with Gasteiger partial charge in [-0.05, 0) is 56.0 Å². The standard InChI is InChI=1S/C28H30OPSi/c1-31(2,3)29-28(24-16-8-4-9-17-24)30(25-18-10-5-11-19-25,26-20-12-6-13-21-26)27-22-14-7-15-23-27/h4-23,28H,1-3H3/q+1. The molecule has 0 spiro atoms. The molecule has 0 amide bonds. The van der Waals surface area contributed by atoms with Gasteiger partial charge in [-0.1, -0.05) is 84.9 Å². The largest absolute Gasteiger partial charge is 0.380 e. The molecule has 0 aromatic heterocycles. The Bertz CT molecular complexity index is 981. The van der Waals surface area contributed by atoms with Crippen LogP contribution in [-0.4, -0.2) is 8.32 Å². The van der Waals surface area contributed by atoms with Crippen LogP contribution in [0.4, 0.5) is 0 Å². The van der Waals surface area contributed by atoms with Crippen molar-refractivity contribution in [2.75, 3.05) is 0 Å². The van der Waals surface area contributed by atoms with Crippen LogP contribution in [0, 0.1) is 0 Å². The van der Waals surface area contributed by atoms with Gasteiger partial charge in [0.25, 0.3) is 0 Å². The molecule has 0 saturated carbocycles. The summed E-state index contributed by atoms with van der Waals surface area (Å²) in [6.07, 6.45) is 0. The van der Waals surface area contributed by atoms with Crippen LogP contribution in [0.2, 0.25) is 19.6 Å². The van der Waals surface area contributed by atoms with Crippen molar-refractivity contribution in [2.24, 2.45) is 0 Å². The minimum absolute atomic E-state index is 0.0485. The van der Waals surface area contributed by atoms with Crippen molar-refractivity contribution in [3.8, 4) is 0 Å². The van der Waals surface area contributed by atoms with Crippen molar-refractivity contribution in [2.45, 2.75) is 25.5 Å². The van der Waals surface area contributed by atoms with E-state index in [1.165, 1.54) is 21.5 Å². The van der Waals surface area contributed by atoms with E-state index in [1.54, 1.807) is 0 Å². The zero-order chi connectivity index (χ0) is 21.7. The van der Waals surface area contributed by atoms with Gasteiger partial charge in [0, 0.05) is 5.56 Å². The first-order chi connectivity index (χ1) is 15.0. The Morgan fingerprint density at radius 1 is 0.516 bits per heavy atom.